The predicted octanol–water partition coefficient (Wildman–Crippen LogP) is 29.6. The molecule has 0 spiro atoms. The van der Waals surface area contributed by atoms with Gasteiger partial charge in [-0.3, -0.25) is 9.13 Å². The minimum absolute atomic E-state index is 0.563. The third-order valence-electron chi connectivity index (χ3n) is 23.5. The summed E-state index contributed by atoms with van der Waals surface area (Å²) in [6.45, 7) is 0. The Kier molecular flexibility index (Phi) is 18.6. The number of furan rings is 3. The summed E-state index contributed by atoms with van der Waals surface area (Å²) < 4.78 is 26.4. The summed E-state index contributed by atoms with van der Waals surface area (Å²) in [6.07, 6.45) is 0. The number of nitrogens with zero attached hydrogens (tertiary/aromatic N) is 9. The molecule has 592 valence electrons. The number of para-hydroxylation sites is 3. The van der Waals surface area contributed by atoms with Gasteiger partial charge in [0.25, 0.3) is 0 Å². The minimum atomic E-state index is 0.563. The first-order chi connectivity index (χ1) is 62.5. The molecular weight excluding hydrogens is 1540 g/mol. The summed E-state index contributed by atoms with van der Waals surface area (Å²) in [5.74, 6) is 5.90. The highest BCUT2D eigenvalue weighted by Crippen LogP contribution is 2.45. The van der Waals surface area contributed by atoms with Crippen molar-refractivity contribution in [3.05, 3.63) is 443 Å². The van der Waals surface area contributed by atoms with Crippen molar-refractivity contribution >= 4 is 98.3 Å². The smallest absolute Gasteiger partial charge is 0.238 e. The van der Waals surface area contributed by atoms with Gasteiger partial charge in [0.2, 0.25) is 5.95 Å². The van der Waals surface area contributed by atoms with Crippen LogP contribution in [0.2, 0.25) is 0 Å². The van der Waals surface area contributed by atoms with Crippen molar-refractivity contribution in [2.24, 2.45) is 0 Å². The summed E-state index contributed by atoms with van der Waals surface area (Å²) >= 11 is 0. The Morgan fingerprint density at radius 2 is 0.500 bits per heavy atom. The van der Waals surface area contributed by atoms with Gasteiger partial charge in [0.1, 0.15) is 39.8 Å². The van der Waals surface area contributed by atoms with Crippen LogP contribution >= 0.6 is 0 Å². The van der Waals surface area contributed by atoms with Gasteiger partial charge < -0.3 is 17.8 Å². The molecule has 9 heterocycles. The SMILES string of the molecule is c1ccc(-c2cc(-c3ccccc3)nc(-c3cccc(-n4c5ccccc5c5c6oc(-c7ccccc7)cc6ccc54)c3)c2)cc1.c1ccc(-c2cc(-n3c4ccccc4c4c5oc(-c6ccccc6)cc5ccc43)nc(-c3ccccc3)n2)cc1.c1ccc(-c2nc(-c3ccccc3)nc(-n3c4ccccc4c4c5oc(-c6ccccc6)cc5ccc43)n2)cc1. The predicted molar refractivity (Wildman–Crippen MR) is 513 cm³/mol. The van der Waals surface area contributed by atoms with Crippen LogP contribution in [0.15, 0.2) is 456 Å². The lowest BCUT2D eigenvalue weighted by Crippen LogP contribution is -2.06. The third-order valence-corrected chi connectivity index (χ3v) is 23.5. The molecule has 0 saturated heterocycles. The molecule has 25 rings (SSSR count). The van der Waals surface area contributed by atoms with E-state index in [0.29, 0.717) is 23.4 Å². The standard InChI is InChI=1S/C43H28N2O.C36H23N3O.C35H22N4O/c1-4-13-29(14-5-1)34-26-37(30-15-6-2-7-16-30)44-38(27-34)32-19-12-20-35(25-32)45-39-22-11-10-21-36(39)42-40(45)24-23-33-28-41(46-43(33)42)31-17-8-3-9-18-31;1-4-12-24(13-5-1)29-23-33(38-36(37-29)26-16-8-3-9-17-26)39-30-19-11-10-18-28(30)34-31(39)21-20-27-22-32(40-35(27)34)25-14-6-2-7-15-25;1-4-12-23(13-5-1)30-22-26-20-21-29-31(32(26)40-30)27-18-10-11-19-28(27)39(29)35-37-33(24-14-6-2-7-15-24)36-34(38-35)25-16-8-3-9-17-25/h1-28H;1-23H;1-22H. The molecule has 0 N–H and O–H groups in total. The maximum absolute atomic E-state index is 6.60. The molecule has 9 aromatic heterocycles. The fourth-order valence-corrected chi connectivity index (χ4v) is 17.6. The molecule has 0 bridgehead atoms. The normalized spacial score (nSPS) is 11.5. The summed E-state index contributed by atoms with van der Waals surface area (Å²) in [5, 5.41) is 9.84. The van der Waals surface area contributed by atoms with E-state index >= 15 is 0 Å². The highest BCUT2D eigenvalue weighted by atomic mass is 16.3. The van der Waals surface area contributed by atoms with E-state index < -0.39 is 0 Å². The molecule has 0 unspecified atom stereocenters. The monoisotopic (exact) mass is 1620 g/mol. The van der Waals surface area contributed by atoms with Crippen LogP contribution < -0.4 is 0 Å². The maximum atomic E-state index is 6.60. The number of aromatic nitrogens is 9. The molecule has 126 heavy (non-hydrogen) atoms. The zero-order valence-corrected chi connectivity index (χ0v) is 67.9. The first kappa shape index (κ1) is 73.9. The minimum Gasteiger partial charge on any atom is -0.455 e. The van der Waals surface area contributed by atoms with Gasteiger partial charge in [-0.05, 0) is 108 Å². The summed E-state index contributed by atoms with van der Waals surface area (Å²) in [6, 6.07) is 152. The van der Waals surface area contributed by atoms with Gasteiger partial charge in [0, 0.05) is 94.1 Å². The van der Waals surface area contributed by atoms with E-state index in [2.05, 4.69) is 293 Å². The largest absolute Gasteiger partial charge is 0.455 e. The van der Waals surface area contributed by atoms with Gasteiger partial charge in [-0.2, -0.15) is 9.97 Å². The lowest BCUT2D eigenvalue weighted by molar-refractivity contribution is 0.635. The maximum Gasteiger partial charge on any atom is 0.238 e. The lowest BCUT2D eigenvalue weighted by Gasteiger charge is -2.13. The number of hydrogen-bond acceptors (Lipinski definition) is 9. The molecule has 0 fully saturated rings. The topological polar surface area (TPSA) is 132 Å². The van der Waals surface area contributed by atoms with Crippen molar-refractivity contribution in [2.45, 2.75) is 0 Å². The molecular formula is C114H73N9O3. The average molecular weight is 1620 g/mol. The Morgan fingerprint density at radius 3 is 0.921 bits per heavy atom. The van der Waals surface area contributed by atoms with Crippen LogP contribution in [0.4, 0.5) is 0 Å². The van der Waals surface area contributed by atoms with Crippen molar-refractivity contribution < 1.29 is 13.3 Å². The third kappa shape index (κ3) is 13.6. The van der Waals surface area contributed by atoms with E-state index in [1.807, 2.05) is 164 Å². The van der Waals surface area contributed by atoms with Crippen molar-refractivity contribution in [1.82, 2.24) is 43.6 Å². The van der Waals surface area contributed by atoms with Crippen molar-refractivity contribution in [3.8, 4) is 130 Å². The van der Waals surface area contributed by atoms with Gasteiger partial charge in [0.05, 0.1) is 66.3 Å². The van der Waals surface area contributed by atoms with E-state index in [9.17, 15) is 0 Å². The molecule has 0 aliphatic rings. The van der Waals surface area contributed by atoms with Crippen LogP contribution in [0, 0.1) is 0 Å². The van der Waals surface area contributed by atoms with Crippen molar-refractivity contribution in [1.29, 1.82) is 0 Å². The fourth-order valence-electron chi connectivity index (χ4n) is 17.6. The van der Waals surface area contributed by atoms with Gasteiger partial charge in [-0.1, -0.05) is 340 Å². The van der Waals surface area contributed by atoms with E-state index in [0.717, 1.165) is 200 Å². The summed E-state index contributed by atoms with van der Waals surface area (Å²) in [4.78, 5) is 30.2. The van der Waals surface area contributed by atoms with Crippen LogP contribution in [0.3, 0.4) is 0 Å². The molecule has 0 aliphatic heterocycles. The van der Waals surface area contributed by atoms with E-state index in [-0.39, 0.29) is 0 Å². The summed E-state index contributed by atoms with van der Waals surface area (Å²) in [5.41, 5.74) is 24.4. The second kappa shape index (κ2) is 31.7. The Balaban J connectivity index is 0.000000109. The number of fused-ring (bicyclic) bond motifs is 15. The Morgan fingerprint density at radius 1 is 0.183 bits per heavy atom. The molecule has 0 radical (unpaired) electrons. The van der Waals surface area contributed by atoms with Crippen LogP contribution in [0.1, 0.15) is 0 Å². The highest BCUT2D eigenvalue weighted by Gasteiger charge is 2.26. The average Bonchev–Trinajstić information content (AvgIpc) is 1.57. The number of hydrogen-bond donors (Lipinski definition) is 0. The van der Waals surface area contributed by atoms with Gasteiger partial charge in [-0.25, -0.2) is 19.9 Å². The second-order valence-electron chi connectivity index (χ2n) is 31.2. The molecule has 25 aromatic rings. The van der Waals surface area contributed by atoms with Crippen LogP contribution in [-0.4, -0.2) is 43.6 Å². The Hall–Kier alpha value is -17.2. The van der Waals surface area contributed by atoms with E-state index in [1.165, 1.54) is 5.56 Å². The number of benzene rings is 16. The van der Waals surface area contributed by atoms with Crippen molar-refractivity contribution in [2.75, 3.05) is 0 Å². The molecule has 12 nitrogen and oxygen atoms in total. The van der Waals surface area contributed by atoms with Crippen LogP contribution in [0.5, 0.6) is 0 Å². The Bertz CT molecular complexity index is 7870. The van der Waals surface area contributed by atoms with Crippen LogP contribution in [0.25, 0.3) is 229 Å². The molecule has 0 saturated carbocycles. The second-order valence-corrected chi connectivity index (χ2v) is 31.2. The molecule has 16 aromatic carbocycles. The zero-order valence-electron chi connectivity index (χ0n) is 67.9. The van der Waals surface area contributed by atoms with Gasteiger partial charge in [0.15, 0.2) is 17.5 Å². The summed E-state index contributed by atoms with van der Waals surface area (Å²) in [7, 11) is 0. The molecule has 0 atom stereocenters. The number of rotatable bonds is 13. The quantitative estimate of drug-likeness (QED) is 0.111. The van der Waals surface area contributed by atoms with Crippen LogP contribution in [-0.2, 0) is 0 Å². The van der Waals surface area contributed by atoms with E-state index in [1.54, 1.807) is 0 Å². The highest BCUT2D eigenvalue weighted by molar-refractivity contribution is 6.22. The van der Waals surface area contributed by atoms with Gasteiger partial charge in [-0.15, -0.1) is 0 Å². The molecule has 0 amide bonds. The van der Waals surface area contributed by atoms with E-state index in [4.69, 9.17) is 43.2 Å². The Labute approximate surface area is 723 Å². The zero-order chi connectivity index (χ0) is 83.4. The molecule has 12 heteroatoms. The first-order valence-electron chi connectivity index (χ1n) is 42.1. The molecule has 0 aliphatic carbocycles. The van der Waals surface area contributed by atoms with Gasteiger partial charge >= 0.3 is 0 Å². The number of pyridine rings is 1. The van der Waals surface area contributed by atoms with Crippen molar-refractivity contribution in [3.63, 3.8) is 0 Å². The first-order valence-corrected chi connectivity index (χ1v) is 42.1. The fraction of sp³-hybridized carbons (Fsp3) is 0. The lowest BCUT2D eigenvalue weighted by atomic mass is 10.00.